The first-order valence-electron chi connectivity index (χ1n) is 10.4. The van der Waals surface area contributed by atoms with Crippen LogP contribution in [0, 0.1) is 17.0 Å². The standard InChI is InChI=1S/C25H18Br2N2O5S/c1-15-4-2-3-5-18(15)13-28-24(30)22(35-25(28)31)12-17-10-20(26)23(21(27)11-17)34-14-16-6-8-19(9-7-16)29(32)33/h2-12H,13-14H2,1H3/b22-12-. The van der Waals surface area contributed by atoms with Crippen LogP contribution in [0.2, 0.25) is 0 Å². The smallest absolute Gasteiger partial charge is 0.293 e. The summed E-state index contributed by atoms with van der Waals surface area (Å²) in [7, 11) is 0. The molecule has 3 aromatic rings. The summed E-state index contributed by atoms with van der Waals surface area (Å²) in [6, 6.07) is 17.4. The largest absolute Gasteiger partial charge is 0.487 e. The number of benzene rings is 3. The van der Waals surface area contributed by atoms with Crippen LogP contribution in [-0.2, 0) is 17.9 Å². The molecule has 0 spiro atoms. The lowest BCUT2D eigenvalue weighted by Crippen LogP contribution is -2.27. The zero-order valence-corrected chi connectivity index (χ0v) is 22.4. The van der Waals surface area contributed by atoms with E-state index in [0.717, 1.165) is 28.5 Å². The summed E-state index contributed by atoms with van der Waals surface area (Å²) in [5.74, 6) is 0.224. The molecular weight excluding hydrogens is 600 g/mol. The first kappa shape index (κ1) is 25.2. The number of hydrogen-bond donors (Lipinski definition) is 0. The Morgan fingerprint density at radius 1 is 1.06 bits per heavy atom. The quantitative estimate of drug-likeness (QED) is 0.158. The normalized spacial score (nSPS) is 14.6. The van der Waals surface area contributed by atoms with Crippen LogP contribution in [0.25, 0.3) is 6.08 Å². The Morgan fingerprint density at radius 2 is 1.71 bits per heavy atom. The van der Waals surface area contributed by atoms with Crippen LogP contribution in [-0.4, -0.2) is 21.0 Å². The zero-order valence-electron chi connectivity index (χ0n) is 18.4. The Hall–Kier alpha value is -2.95. The zero-order chi connectivity index (χ0) is 25.1. The van der Waals surface area contributed by atoms with Crippen LogP contribution in [0.5, 0.6) is 5.75 Å². The van der Waals surface area contributed by atoms with Crippen LogP contribution >= 0.6 is 43.6 Å². The third kappa shape index (κ3) is 5.83. The van der Waals surface area contributed by atoms with Crippen molar-refractivity contribution >= 4 is 66.5 Å². The molecule has 35 heavy (non-hydrogen) atoms. The molecule has 0 unspecified atom stereocenters. The lowest BCUT2D eigenvalue weighted by Gasteiger charge is -2.14. The van der Waals surface area contributed by atoms with E-state index in [1.807, 2.05) is 31.2 Å². The fourth-order valence-corrected chi connectivity index (χ4v) is 5.70. The van der Waals surface area contributed by atoms with Crippen LogP contribution in [0.1, 0.15) is 22.3 Å². The Balaban J connectivity index is 1.48. The van der Waals surface area contributed by atoms with Gasteiger partial charge in [-0.25, -0.2) is 0 Å². The first-order valence-corrected chi connectivity index (χ1v) is 12.8. The van der Waals surface area contributed by atoms with Crippen molar-refractivity contribution in [1.29, 1.82) is 0 Å². The molecule has 1 heterocycles. The van der Waals surface area contributed by atoms with Gasteiger partial charge < -0.3 is 4.74 Å². The molecule has 10 heteroatoms. The lowest BCUT2D eigenvalue weighted by atomic mass is 10.1. The van der Waals surface area contributed by atoms with E-state index in [9.17, 15) is 19.7 Å². The fraction of sp³-hybridized carbons (Fsp3) is 0.120. The minimum absolute atomic E-state index is 0.0174. The number of carbonyl (C=O) groups excluding carboxylic acids is 2. The Bertz CT molecular complexity index is 1340. The highest BCUT2D eigenvalue weighted by Gasteiger charge is 2.35. The number of amides is 2. The van der Waals surface area contributed by atoms with Gasteiger partial charge in [-0.2, -0.15) is 0 Å². The van der Waals surface area contributed by atoms with E-state index in [4.69, 9.17) is 4.74 Å². The highest BCUT2D eigenvalue weighted by molar-refractivity contribution is 9.11. The predicted octanol–water partition coefficient (Wildman–Crippen LogP) is 7.24. The summed E-state index contributed by atoms with van der Waals surface area (Å²) < 4.78 is 7.20. The number of imide groups is 1. The number of thioether (sulfide) groups is 1. The molecule has 178 valence electrons. The van der Waals surface area contributed by atoms with E-state index in [-0.39, 0.29) is 30.0 Å². The van der Waals surface area contributed by atoms with Gasteiger partial charge in [0.25, 0.3) is 16.8 Å². The summed E-state index contributed by atoms with van der Waals surface area (Å²) >= 11 is 7.92. The van der Waals surface area contributed by atoms with Crippen molar-refractivity contribution in [2.45, 2.75) is 20.1 Å². The second-order valence-electron chi connectivity index (χ2n) is 7.72. The molecule has 1 aliphatic heterocycles. The van der Waals surface area contributed by atoms with Gasteiger partial charge >= 0.3 is 0 Å². The topological polar surface area (TPSA) is 89.8 Å². The minimum Gasteiger partial charge on any atom is -0.487 e. The summed E-state index contributed by atoms with van der Waals surface area (Å²) in [5.41, 5.74) is 3.46. The van der Waals surface area contributed by atoms with Crippen molar-refractivity contribution in [3.05, 3.63) is 107 Å². The van der Waals surface area contributed by atoms with Crippen molar-refractivity contribution in [2.75, 3.05) is 0 Å². The van der Waals surface area contributed by atoms with Gasteiger partial charge in [0.1, 0.15) is 12.4 Å². The minimum atomic E-state index is -0.450. The van der Waals surface area contributed by atoms with E-state index < -0.39 is 4.92 Å². The molecule has 0 saturated carbocycles. The van der Waals surface area contributed by atoms with E-state index >= 15 is 0 Å². The summed E-state index contributed by atoms with van der Waals surface area (Å²) in [5, 5.41) is 10.5. The van der Waals surface area contributed by atoms with Gasteiger partial charge in [-0.15, -0.1) is 0 Å². The summed E-state index contributed by atoms with van der Waals surface area (Å²) in [6.45, 7) is 2.40. The van der Waals surface area contributed by atoms with Gasteiger partial charge in [0.2, 0.25) is 0 Å². The number of aryl methyl sites for hydroxylation is 1. The summed E-state index contributed by atoms with van der Waals surface area (Å²) in [6.07, 6.45) is 1.68. The maximum Gasteiger partial charge on any atom is 0.293 e. The molecule has 2 amide bonds. The SMILES string of the molecule is Cc1ccccc1CN1C(=O)S/C(=C\c2cc(Br)c(OCc3ccc([N+](=O)[O-])cc3)c(Br)c2)C1=O. The van der Waals surface area contributed by atoms with Crippen molar-refractivity contribution in [2.24, 2.45) is 0 Å². The number of nitrogens with zero attached hydrogens (tertiary/aromatic N) is 2. The molecule has 0 aliphatic carbocycles. The molecule has 0 radical (unpaired) electrons. The average Bonchev–Trinajstić information content (AvgIpc) is 3.07. The number of non-ortho nitro benzene ring substituents is 1. The third-order valence-corrected chi connectivity index (χ3v) is 7.40. The van der Waals surface area contributed by atoms with E-state index in [1.165, 1.54) is 17.0 Å². The Kier molecular flexibility index (Phi) is 7.73. The van der Waals surface area contributed by atoms with Gasteiger partial charge in [0.15, 0.2) is 0 Å². The van der Waals surface area contributed by atoms with Gasteiger partial charge in [0.05, 0.1) is 25.3 Å². The first-order chi connectivity index (χ1) is 16.7. The van der Waals surface area contributed by atoms with Gasteiger partial charge in [-0.3, -0.25) is 24.6 Å². The molecule has 1 aliphatic rings. The van der Waals surface area contributed by atoms with E-state index in [2.05, 4.69) is 31.9 Å². The lowest BCUT2D eigenvalue weighted by molar-refractivity contribution is -0.384. The van der Waals surface area contributed by atoms with Crippen molar-refractivity contribution in [3.8, 4) is 5.75 Å². The van der Waals surface area contributed by atoms with Crippen molar-refractivity contribution in [1.82, 2.24) is 4.90 Å². The Morgan fingerprint density at radius 3 is 2.34 bits per heavy atom. The Labute approximate surface area is 222 Å². The van der Waals surface area contributed by atoms with Crippen LogP contribution in [0.15, 0.2) is 74.5 Å². The molecule has 7 nitrogen and oxygen atoms in total. The number of halogens is 2. The number of carbonyl (C=O) groups is 2. The molecule has 3 aromatic carbocycles. The van der Waals surface area contributed by atoms with Gasteiger partial charge in [-0.05, 0) is 103 Å². The maximum absolute atomic E-state index is 12.9. The summed E-state index contributed by atoms with van der Waals surface area (Å²) in [4.78, 5) is 37.4. The highest BCUT2D eigenvalue weighted by Crippen LogP contribution is 2.38. The third-order valence-electron chi connectivity index (χ3n) is 5.31. The predicted molar refractivity (Wildman–Crippen MR) is 142 cm³/mol. The van der Waals surface area contributed by atoms with Crippen LogP contribution in [0.3, 0.4) is 0 Å². The second-order valence-corrected chi connectivity index (χ2v) is 10.4. The molecule has 0 atom stereocenters. The van der Waals surface area contributed by atoms with E-state index in [0.29, 0.717) is 25.2 Å². The molecule has 1 fully saturated rings. The average molecular weight is 618 g/mol. The molecular formula is C25H18Br2N2O5S. The fourth-order valence-electron chi connectivity index (χ4n) is 3.42. The number of nitro groups is 1. The number of rotatable bonds is 7. The number of ether oxygens (including phenoxy) is 1. The monoisotopic (exact) mass is 616 g/mol. The van der Waals surface area contributed by atoms with Gasteiger partial charge in [-0.1, -0.05) is 24.3 Å². The van der Waals surface area contributed by atoms with Crippen molar-refractivity contribution in [3.63, 3.8) is 0 Å². The number of hydrogen-bond acceptors (Lipinski definition) is 6. The van der Waals surface area contributed by atoms with Crippen LogP contribution < -0.4 is 4.74 Å². The van der Waals surface area contributed by atoms with Gasteiger partial charge in [0, 0.05) is 12.1 Å². The highest BCUT2D eigenvalue weighted by atomic mass is 79.9. The maximum atomic E-state index is 12.9. The van der Waals surface area contributed by atoms with E-state index in [1.54, 1.807) is 30.3 Å². The molecule has 1 saturated heterocycles. The van der Waals surface area contributed by atoms with Crippen LogP contribution in [0.4, 0.5) is 10.5 Å². The molecule has 0 aromatic heterocycles. The second kappa shape index (κ2) is 10.8. The van der Waals surface area contributed by atoms with Crippen molar-refractivity contribution < 1.29 is 19.2 Å². The number of nitro benzene ring substituents is 1. The molecule has 4 rings (SSSR count). The molecule has 0 bridgehead atoms. The molecule has 0 N–H and O–H groups in total.